The summed E-state index contributed by atoms with van der Waals surface area (Å²) in [6.07, 6.45) is 3.90. The zero-order valence-electron chi connectivity index (χ0n) is 13.0. The van der Waals surface area contributed by atoms with Crippen molar-refractivity contribution in [3.63, 3.8) is 0 Å². The van der Waals surface area contributed by atoms with Gasteiger partial charge in [0.25, 0.3) is 5.91 Å². The predicted octanol–water partition coefficient (Wildman–Crippen LogP) is 1.71. The van der Waals surface area contributed by atoms with Crippen molar-refractivity contribution >= 4 is 17.9 Å². The SMILES string of the molecule is COc1ccc(OC)c(C=CC(=O)N2CCCN2C(C)=O)c1. The average Bonchev–Trinajstić information content (AvgIpc) is 3.02. The van der Waals surface area contributed by atoms with Crippen LogP contribution in [0.15, 0.2) is 24.3 Å². The zero-order chi connectivity index (χ0) is 16.1. The van der Waals surface area contributed by atoms with Crippen molar-refractivity contribution in [2.75, 3.05) is 27.3 Å². The number of ether oxygens (including phenoxy) is 2. The number of nitrogens with zero attached hydrogens (tertiary/aromatic N) is 2. The standard InChI is InChI=1S/C16H20N2O4/c1-12(19)17-9-4-10-18(17)16(20)8-5-13-11-14(21-2)6-7-15(13)22-3/h5-8,11H,4,9-10H2,1-3H3. The molecule has 0 atom stereocenters. The van der Waals surface area contributed by atoms with Crippen LogP contribution < -0.4 is 9.47 Å². The quantitative estimate of drug-likeness (QED) is 0.795. The Morgan fingerprint density at radius 3 is 2.50 bits per heavy atom. The molecule has 1 saturated heterocycles. The topological polar surface area (TPSA) is 59.1 Å². The highest BCUT2D eigenvalue weighted by atomic mass is 16.5. The number of benzene rings is 1. The van der Waals surface area contributed by atoms with Crippen LogP contribution in [-0.4, -0.2) is 49.1 Å². The van der Waals surface area contributed by atoms with Gasteiger partial charge in [-0.25, -0.2) is 5.01 Å². The molecule has 118 valence electrons. The number of amides is 2. The molecule has 2 amide bonds. The van der Waals surface area contributed by atoms with Gasteiger partial charge in [0.2, 0.25) is 5.91 Å². The van der Waals surface area contributed by atoms with Crippen LogP contribution in [0.2, 0.25) is 0 Å². The van der Waals surface area contributed by atoms with E-state index in [1.54, 1.807) is 38.5 Å². The fourth-order valence-corrected chi connectivity index (χ4v) is 2.39. The fraction of sp³-hybridized carbons (Fsp3) is 0.375. The van der Waals surface area contributed by atoms with Gasteiger partial charge in [-0.05, 0) is 30.7 Å². The molecule has 0 bridgehead atoms. The summed E-state index contributed by atoms with van der Waals surface area (Å²) < 4.78 is 10.4. The number of hydrogen-bond acceptors (Lipinski definition) is 4. The largest absolute Gasteiger partial charge is 0.497 e. The molecule has 1 aliphatic heterocycles. The molecule has 22 heavy (non-hydrogen) atoms. The smallest absolute Gasteiger partial charge is 0.265 e. The number of carbonyl (C=O) groups is 2. The first-order valence-corrected chi connectivity index (χ1v) is 7.06. The normalized spacial score (nSPS) is 14.5. The first-order chi connectivity index (χ1) is 10.6. The molecule has 6 heteroatoms. The Bertz CT molecular complexity index is 598. The van der Waals surface area contributed by atoms with Gasteiger partial charge in [0.05, 0.1) is 14.2 Å². The van der Waals surface area contributed by atoms with Crippen molar-refractivity contribution < 1.29 is 19.1 Å². The molecule has 1 fully saturated rings. The van der Waals surface area contributed by atoms with Gasteiger partial charge in [0.1, 0.15) is 11.5 Å². The Balaban J connectivity index is 2.17. The molecular weight excluding hydrogens is 284 g/mol. The summed E-state index contributed by atoms with van der Waals surface area (Å²) in [7, 11) is 3.15. The summed E-state index contributed by atoms with van der Waals surface area (Å²) in [6, 6.07) is 5.35. The molecule has 1 aliphatic rings. The predicted molar refractivity (Wildman–Crippen MR) is 82.3 cm³/mol. The third-order valence-corrected chi connectivity index (χ3v) is 3.49. The third-order valence-electron chi connectivity index (χ3n) is 3.49. The maximum Gasteiger partial charge on any atom is 0.265 e. The highest BCUT2D eigenvalue weighted by Gasteiger charge is 2.27. The van der Waals surface area contributed by atoms with Crippen molar-refractivity contribution in [1.29, 1.82) is 0 Å². The Morgan fingerprint density at radius 2 is 1.86 bits per heavy atom. The lowest BCUT2D eigenvalue weighted by atomic mass is 10.1. The number of carbonyl (C=O) groups excluding carboxylic acids is 2. The van der Waals surface area contributed by atoms with E-state index in [1.807, 2.05) is 0 Å². The molecule has 1 aromatic carbocycles. The Labute approximate surface area is 129 Å². The van der Waals surface area contributed by atoms with E-state index < -0.39 is 0 Å². The molecule has 2 rings (SSSR count). The highest BCUT2D eigenvalue weighted by Crippen LogP contribution is 2.25. The van der Waals surface area contributed by atoms with Gasteiger partial charge < -0.3 is 9.47 Å². The fourth-order valence-electron chi connectivity index (χ4n) is 2.39. The molecular formula is C16H20N2O4. The summed E-state index contributed by atoms with van der Waals surface area (Å²) in [4.78, 5) is 23.8. The second-order valence-electron chi connectivity index (χ2n) is 4.90. The molecule has 0 aromatic heterocycles. The molecule has 6 nitrogen and oxygen atoms in total. The van der Waals surface area contributed by atoms with Gasteiger partial charge >= 0.3 is 0 Å². The second kappa shape index (κ2) is 6.98. The van der Waals surface area contributed by atoms with Gasteiger partial charge in [0, 0.05) is 31.7 Å². The van der Waals surface area contributed by atoms with Crippen molar-refractivity contribution in [2.45, 2.75) is 13.3 Å². The number of hydrogen-bond donors (Lipinski definition) is 0. The Kier molecular flexibility index (Phi) is 5.04. The number of methoxy groups -OCH3 is 2. The van der Waals surface area contributed by atoms with E-state index in [0.29, 0.717) is 24.6 Å². The summed E-state index contributed by atoms with van der Waals surface area (Å²) in [5.41, 5.74) is 0.740. The van der Waals surface area contributed by atoms with Crippen molar-refractivity contribution in [3.8, 4) is 11.5 Å². The minimum absolute atomic E-state index is 0.127. The van der Waals surface area contributed by atoms with Crippen LogP contribution in [0.5, 0.6) is 11.5 Å². The molecule has 1 heterocycles. The van der Waals surface area contributed by atoms with E-state index >= 15 is 0 Å². The van der Waals surface area contributed by atoms with Crippen LogP contribution in [0, 0.1) is 0 Å². The van der Waals surface area contributed by atoms with Crippen LogP contribution in [0.1, 0.15) is 18.9 Å². The lowest BCUT2D eigenvalue weighted by Crippen LogP contribution is -2.43. The molecule has 0 N–H and O–H groups in total. The Hall–Kier alpha value is -2.50. The molecule has 1 aromatic rings. The van der Waals surface area contributed by atoms with E-state index in [0.717, 1.165) is 12.0 Å². The maximum atomic E-state index is 12.3. The van der Waals surface area contributed by atoms with Gasteiger partial charge in [-0.15, -0.1) is 0 Å². The zero-order valence-corrected chi connectivity index (χ0v) is 13.0. The van der Waals surface area contributed by atoms with Crippen molar-refractivity contribution in [1.82, 2.24) is 10.0 Å². The molecule has 0 saturated carbocycles. The minimum Gasteiger partial charge on any atom is -0.497 e. The summed E-state index contributed by atoms with van der Waals surface area (Å²) in [5.74, 6) is 0.977. The monoisotopic (exact) mass is 304 g/mol. The maximum absolute atomic E-state index is 12.3. The van der Waals surface area contributed by atoms with Gasteiger partial charge in [0.15, 0.2) is 0 Å². The Morgan fingerprint density at radius 1 is 1.14 bits per heavy atom. The van der Waals surface area contributed by atoms with E-state index in [9.17, 15) is 9.59 Å². The first kappa shape index (κ1) is 15.9. The minimum atomic E-state index is -0.224. The molecule has 0 unspecified atom stereocenters. The average molecular weight is 304 g/mol. The van der Waals surface area contributed by atoms with Crippen LogP contribution >= 0.6 is 0 Å². The van der Waals surface area contributed by atoms with Gasteiger partial charge in [-0.2, -0.15) is 0 Å². The molecule has 0 aliphatic carbocycles. The van der Waals surface area contributed by atoms with E-state index in [4.69, 9.17) is 9.47 Å². The first-order valence-electron chi connectivity index (χ1n) is 7.06. The molecule has 0 radical (unpaired) electrons. The van der Waals surface area contributed by atoms with Gasteiger partial charge in [-0.3, -0.25) is 14.6 Å². The van der Waals surface area contributed by atoms with Crippen LogP contribution in [0.4, 0.5) is 0 Å². The summed E-state index contributed by atoms with van der Waals surface area (Å²) >= 11 is 0. The lowest BCUT2D eigenvalue weighted by Gasteiger charge is -2.25. The van der Waals surface area contributed by atoms with Crippen LogP contribution in [-0.2, 0) is 9.59 Å². The summed E-state index contributed by atoms with van der Waals surface area (Å²) in [6.45, 7) is 2.59. The van der Waals surface area contributed by atoms with Gasteiger partial charge in [-0.1, -0.05) is 0 Å². The number of rotatable bonds is 4. The van der Waals surface area contributed by atoms with Crippen molar-refractivity contribution in [2.24, 2.45) is 0 Å². The number of hydrazine groups is 1. The van der Waals surface area contributed by atoms with E-state index in [2.05, 4.69) is 0 Å². The molecule has 0 spiro atoms. The van der Waals surface area contributed by atoms with Crippen LogP contribution in [0.3, 0.4) is 0 Å². The second-order valence-corrected chi connectivity index (χ2v) is 4.90. The lowest BCUT2D eigenvalue weighted by molar-refractivity contribution is -0.153. The van der Waals surface area contributed by atoms with E-state index in [1.165, 1.54) is 23.0 Å². The third kappa shape index (κ3) is 3.39. The van der Waals surface area contributed by atoms with E-state index in [-0.39, 0.29) is 11.8 Å². The highest BCUT2D eigenvalue weighted by molar-refractivity contribution is 5.93. The summed E-state index contributed by atoms with van der Waals surface area (Å²) in [5, 5.41) is 2.93. The van der Waals surface area contributed by atoms with Crippen LogP contribution in [0.25, 0.3) is 6.08 Å². The van der Waals surface area contributed by atoms with Crippen molar-refractivity contribution in [3.05, 3.63) is 29.8 Å².